The zero-order chi connectivity index (χ0) is 13.1. The van der Waals surface area contributed by atoms with Gasteiger partial charge in [-0.25, -0.2) is 0 Å². The second kappa shape index (κ2) is 5.52. The van der Waals surface area contributed by atoms with Crippen molar-refractivity contribution < 1.29 is 18.8 Å². The largest absolute Gasteiger partial charge is 0.493 e. The summed E-state index contributed by atoms with van der Waals surface area (Å²) in [4.78, 5) is 11.0. The minimum atomic E-state index is -1.36. The number of carbonyl (C=O) groups is 1. The van der Waals surface area contributed by atoms with E-state index in [9.17, 15) is 9.00 Å². The van der Waals surface area contributed by atoms with Gasteiger partial charge in [0.05, 0.1) is 6.61 Å². The Morgan fingerprint density at radius 1 is 1.56 bits per heavy atom. The second-order valence-electron chi connectivity index (χ2n) is 4.33. The molecule has 0 aliphatic carbocycles. The van der Waals surface area contributed by atoms with Crippen molar-refractivity contribution in [1.29, 1.82) is 0 Å². The fraction of sp³-hybridized carbons (Fsp3) is 0.462. The molecule has 0 spiro atoms. The quantitative estimate of drug-likeness (QED) is 0.884. The van der Waals surface area contributed by atoms with E-state index in [1.165, 1.54) is 0 Å². The van der Waals surface area contributed by atoms with Gasteiger partial charge in [-0.2, -0.15) is 0 Å². The molecule has 1 aromatic rings. The van der Waals surface area contributed by atoms with E-state index in [4.69, 9.17) is 9.84 Å². The van der Waals surface area contributed by atoms with Crippen molar-refractivity contribution in [1.82, 2.24) is 0 Å². The van der Waals surface area contributed by atoms with Crippen molar-refractivity contribution in [3.05, 3.63) is 29.8 Å². The van der Waals surface area contributed by atoms with E-state index >= 15 is 0 Å². The third-order valence-corrected chi connectivity index (χ3v) is 5.03. The monoisotopic (exact) mass is 268 g/mol. The minimum Gasteiger partial charge on any atom is -0.493 e. The van der Waals surface area contributed by atoms with E-state index < -0.39 is 22.0 Å². The first kappa shape index (κ1) is 13.1. The van der Waals surface area contributed by atoms with Crippen LogP contribution >= 0.6 is 0 Å². The molecule has 3 unspecified atom stereocenters. The lowest BCUT2D eigenvalue weighted by atomic mass is 10.0. The molecule has 98 valence electrons. The highest BCUT2D eigenvalue weighted by molar-refractivity contribution is 7.86. The highest BCUT2D eigenvalue weighted by Gasteiger charge is 2.30. The van der Waals surface area contributed by atoms with Gasteiger partial charge < -0.3 is 9.84 Å². The van der Waals surface area contributed by atoms with Crippen LogP contribution in [0.1, 0.15) is 24.8 Å². The van der Waals surface area contributed by atoms with E-state index in [0.717, 1.165) is 11.3 Å². The number of carboxylic acids is 1. The fourth-order valence-electron chi connectivity index (χ4n) is 2.15. The summed E-state index contributed by atoms with van der Waals surface area (Å²) < 4.78 is 17.6. The Morgan fingerprint density at radius 3 is 2.94 bits per heavy atom. The third-order valence-electron chi connectivity index (χ3n) is 3.13. The number of rotatable bonds is 5. The molecule has 5 heteroatoms. The maximum Gasteiger partial charge on any atom is 0.319 e. The van der Waals surface area contributed by atoms with Crippen molar-refractivity contribution in [3.8, 4) is 5.75 Å². The molecular formula is C13H16O4S. The molecule has 0 aromatic heterocycles. The zero-order valence-electron chi connectivity index (χ0n) is 10.2. The summed E-state index contributed by atoms with van der Waals surface area (Å²) >= 11 is 0. The SMILES string of the molecule is CCC(C(=O)O)S(=O)CC1COc2ccccc21. The van der Waals surface area contributed by atoms with E-state index in [1.807, 2.05) is 24.3 Å². The van der Waals surface area contributed by atoms with Crippen molar-refractivity contribution in [3.63, 3.8) is 0 Å². The zero-order valence-corrected chi connectivity index (χ0v) is 11.0. The van der Waals surface area contributed by atoms with Crippen LogP contribution in [0.2, 0.25) is 0 Å². The predicted molar refractivity (Wildman–Crippen MR) is 69.4 cm³/mol. The van der Waals surface area contributed by atoms with Crippen LogP contribution in [0.15, 0.2) is 24.3 Å². The van der Waals surface area contributed by atoms with Crippen LogP contribution in [-0.2, 0) is 15.6 Å². The van der Waals surface area contributed by atoms with E-state index in [-0.39, 0.29) is 5.92 Å². The molecule has 1 aliphatic rings. The normalized spacial score (nSPS) is 20.8. The number of para-hydroxylation sites is 1. The first-order chi connectivity index (χ1) is 8.63. The second-order valence-corrected chi connectivity index (χ2v) is 5.99. The number of carboxylic acid groups (broad SMARTS) is 1. The molecule has 1 aromatic carbocycles. The van der Waals surface area contributed by atoms with Gasteiger partial charge in [-0.3, -0.25) is 9.00 Å². The Morgan fingerprint density at radius 2 is 2.28 bits per heavy atom. The van der Waals surface area contributed by atoms with Crippen molar-refractivity contribution in [2.24, 2.45) is 0 Å². The molecular weight excluding hydrogens is 252 g/mol. The van der Waals surface area contributed by atoms with Crippen molar-refractivity contribution in [2.75, 3.05) is 12.4 Å². The Kier molecular flexibility index (Phi) is 4.01. The lowest BCUT2D eigenvalue weighted by Gasteiger charge is -2.13. The molecule has 0 fully saturated rings. The Balaban J connectivity index is 2.08. The maximum atomic E-state index is 12.1. The molecule has 18 heavy (non-hydrogen) atoms. The van der Waals surface area contributed by atoms with Gasteiger partial charge in [0.15, 0.2) is 0 Å². The van der Waals surface area contributed by atoms with Gasteiger partial charge in [-0.1, -0.05) is 25.1 Å². The van der Waals surface area contributed by atoms with Gasteiger partial charge >= 0.3 is 5.97 Å². The lowest BCUT2D eigenvalue weighted by molar-refractivity contribution is -0.136. The number of ether oxygens (including phenoxy) is 1. The third kappa shape index (κ3) is 2.56. The first-order valence-electron chi connectivity index (χ1n) is 5.95. The van der Waals surface area contributed by atoms with E-state index in [0.29, 0.717) is 18.8 Å². The number of aliphatic carboxylic acids is 1. The van der Waals surface area contributed by atoms with Crippen LogP contribution in [0.4, 0.5) is 0 Å². The maximum absolute atomic E-state index is 12.1. The Hall–Kier alpha value is -1.36. The molecule has 1 heterocycles. The molecule has 2 rings (SSSR count). The number of benzene rings is 1. The van der Waals surface area contributed by atoms with Gasteiger partial charge in [0.25, 0.3) is 0 Å². The standard InChI is InChI=1S/C13H16O4S/c1-2-12(13(14)15)18(16)8-9-7-17-11-6-4-3-5-10(9)11/h3-6,9,12H,2,7-8H2,1H3,(H,14,15). The van der Waals surface area contributed by atoms with Gasteiger partial charge in [0, 0.05) is 28.0 Å². The van der Waals surface area contributed by atoms with E-state index in [1.54, 1.807) is 6.92 Å². The van der Waals surface area contributed by atoms with Crippen LogP contribution in [0.3, 0.4) is 0 Å². The lowest BCUT2D eigenvalue weighted by Crippen LogP contribution is -2.28. The summed E-state index contributed by atoms with van der Waals surface area (Å²) in [6.07, 6.45) is 0.386. The predicted octanol–water partition coefficient (Wildman–Crippen LogP) is 1.77. The molecule has 0 saturated heterocycles. The Labute approximate surface area is 108 Å². The molecule has 4 nitrogen and oxygen atoms in total. The average molecular weight is 268 g/mol. The van der Waals surface area contributed by atoms with Crippen LogP contribution in [-0.4, -0.2) is 32.9 Å². The summed E-state index contributed by atoms with van der Waals surface area (Å²) in [5.74, 6) is 0.225. The van der Waals surface area contributed by atoms with Crippen molar-refractivity contribution >= 4 is 16.8 Å². The van der Waals surface area contributed by atoms with Crippen molar-refractivity contribution in [2.45, 2.75) is 24.5 Å². The van der Waals surface area contributed by atoms with Gasteiger partial charge in [0.1, 0.15) is 11.0 Å². The summed E-state index contributed by atoms with van der Waals surface area (Å²) in [5, 5.41) is 8.21. The molecule has 1 aliphatic heterocycles. The molecule has 0 saturated carbocycles. The smallest absolute Gasteiger partial charge is 0.319 e. The number of hydrogen-bond acceptors (Lipinski definition) is 3. The first-order valence-corrected chi connectivity index (χ1v) is 7.33. The summed E-state index contributed by atoms with van der Waals surface area (Å²) in [5.41, 5.74) is 1.03. The molecule has 3 atom stereocenters. The van der Waals surface area contributed by atoms with Gasteiger partial charge in [-0.05, 0) is 12.5 Å². The molecule has 0 amide bonds. The fourth-order valence-corrected chi connectivity index (χ4v) is 3.66. The van der Waals surface area contributed by atoms with E-state index in [2.05, 4.69) is 0 Å². The Bertz CT molecular complexity index is 472. The summed E-state index contributed by atoms with van der Waals surface area (Å²) in [7, 11) is -1.36. The van der Waals surface area contributed by atoms with Crippen LogP contribution < -0.4 is 4.74 Å². The van der Waals surface area contributed by atoms with Gasteiger partial charge in [0.2, 0.25) is 0 Å². The summed E-state index contributed by atoms with van der Waals surface area (Å²) in [6, 6.07) is 7.64. The van der Waals surface area contributed by atoms with Crippen LogP contribution in [0.5, 0.6) is 5.75 Å². The van der Waals surface area contributed by atoms with Gasteiger partial charge in [-0.15, -0.1) is 0 Å². The highest BCUT2D eigenvalue weighted by atomic mass is 32.2. The molecule has 0 bridgehead atoms. The number of fused-ring (bicyclic) bond motifs is 1. The van der Waals surface area contributed by atoms with Crippen LogP contribution in [0.25, 0.3) is 0 Å². The summed E-state index contributed by atoms with van der Waals surface area (Å²) in [6.45, 7) is 2.23. The average Bonchev–Trinajstić information content (AvgIpc) is 2.73. The topological polar surface area (TPSA) is 63.6 Å². The highest BCUT2D eigenvalue weighted by Crippen LogP contribution is 2.34. The molecule has 1 N–H and O–H groups in total. The number of hydrogen-bond donors (Lipinski definition) is 1. The minimum absolute atomic E-state index is 0.0374. The van der Waals surface area contributed by atoms with Crippen LogP contribution in [0, 0.1) is 0 Å². The molecule has 0 radical (unpaired) electrons.